The molecule has 2 N–H and O–H groups in total. The van der Waals surface area contributed by atoms with Crippen molar-refractivity contribution in [2.45, 2.75) is 65.0 Å². The average Bonchev–Trinajstić information content (AvgIpc) is 3.24. The molecular weight excluding hydrogens is 338 g/mol. The summed E-state index contributed by atoms with van der Waals surface area (Å²) in [6.45, 7) is 7.13. The third-order valence-electron chi connectivity index (χ3n) is 5.49. The number of rotatable bonds is 5. The highest BCUT2D eigenvalue weighted by Crippen LogP contribution is 2.23. The van der Waals surface area contributed by atoms with E-state index in [9.17, 15) is 4.79 Å². The van der Waals surface area contributed by atoms with E-state index in [2.05, 4.69) is 64.0 Å². The number of aromatic amines is 1. The summed E-state index contributed by atoms with van der Waals surface area (Å²) in [5.74, 6) is 2.51. The van der Waals surface area contributed by atoms with Gasteiger partial charge in [-0.25, -0.2) is 0 Å². The molecule has 6 nitrogen and oxygen atoms in total. The second-order valence-electron chi connectivity index (χ2n) is 7.85. The van der Waals surface area contributed by atoms with Gasteiger partial charge in [0.25, 0.3) is 0 Å². The van der Waals surface area contributed by atoms with Crippen LogP contribution in [0.3, 0.4) is 0 Å². The molecule has 1 aliphatic rings. The zero-order valence-corrected chi connectivity index (χ0v) is 16.2. The van der Waals surface area contributed by atoms with Gasteiger partial charge in [0.15, 0.2) is 0 Å². The largest absolute Gasteiger partial charge is 0.361 e. The highest BCUT2D eigenvalue weighted by Gasteiger charge is 2.25. The molecule has 3 aromatic rings. The van der Waals surface area contributed by atoms with E-state index in [1.807, 2.05) is 6.20 Å². The topological polar surface area (TPSA) is 75.6 Å². The Hall–Kier alpha value is -2.63. The van der Waals surface area contributed by atoms with E-state index in [1.165, 1.54) is 22.0 Å². The summed E-state index contributed by atoms with van der Waals surface area (Å²) in [6.07, 6.45) is 5.07. The van der Waals surface area contributed by atoms with E-state index in [0.29, 0.717) is 12.3 Å². The van der Waals surface area contributed by atoms with Crippen LogP contribution >= 0.6 is 0 Å². The summed E-state index contributed by atoms with van der Waals surface area (Å²) in [7, 11) is 0. The van der Waals surface area contributed by atoms with Crippen molar-refractivity contribution < 1.29 is 4.79 Å². The van der Waals surface area contributed by atoms with Crippen LogP contribution in [-0.4, -0.2) is 31.7 Å². The highest BCUT2D eigenvalue weighted by molar-refractivity contribution is 5.86. The Labute approximate surface area is 159 Å². The predicted octanol–water partition coefficient (Wildman–Crippen LogP) is 3.26. The van der Waals surface area contributed by atoms with Gasteiger partial charge in [0.1, 0.15) is 11.6 Å². The van der Waals surface area contributed by atoms with Crippen molar-refractivity contribution in [3.05, 3.63) is 47.2 Å². The molecule has 6 heteroatoms. The maximum atomic E-state index is 12.5. The Morgan fingerprint density at radius 2 is 2.22 bits per heavy atom. The Kier molecular flexibility index (Phi) is 4.72. The summed E-state index contributed by atoms with van der Waals surface area (Å²) in [5.41, 5.74) is 3.60. The van der Waals surface area contributed by atoms with Gasteiger partial charge in [-0.1, -0.05) is 32.0 Å². The molecule has 1 aromatic carbocycles. The molecule has 0 bridgehead atoms. The number of fused-ring (bicyclic) bond motifs is 2. The van der Waals surface area contributed by atoms with E-state index in [0.717, 1.165) is 37.5 Å². The van der Waals surface area contributed by atoms with Crippen molar-refractivity contribution in [3.8, 4) is 0 Å². The Morgan fingerprint density at radius 3 is 3.04 bits per heavy atom. The van der Waals surface area contributed by atoms with Gasteiger partial charge < -0.3 is 14.9 Å². The second-order valence-corrected chi connectivity index (χ2v) is 7.85. The molecule has 0 unspecified atom stereocenters. The van der Waals surface area contributed by atoms with Crippen LogP contribution in [-0.2, 0) is 24.2 Å². The maximum Gasteiger partial charge on any atom is 0.220 e. The fourth-order valence-electron chi connectivity index (χ4n) is 4.01. The molecule has 1 atom stereocenters. The van der Waals surface area contributed by atoms with Crippen LogP contribution in [0.2, 0.25) is 0 Å². The fraction of sp³-hybridized carbons (Fsp3) is 0.476. The van der Waals surface area contributed by atoms with E-state index >= 15 is 0 Å². The molecule has 142 valence electrons. The third-order valence-corrected chi connectivity index (χ3v) is 5.49. The summed E-state index contributed by atoms with van der Waals surface area (Å²) in [6, 6.07) is 6.45. The third kappa shape index (κ3) is 3.48. The van der Waals surface area contributed by atoms with E-state index in [4.69, 9.17) is 0 Å². The lowest BCUT2D eigenvalue weighted by Crippen LogP contribution is -2.41. The van der Waals surface area contributed by atoms with Gasteiger partial charge in [-0.15, -0.1) is 10.2 Å². The minimum Gasteiger partial charge on any atom is -0.361 e. The van der Waals surface area contributed by atoms with Crippen molar-refractivity contribution in [2.24, 2.45) is 0 Å². The van der Waals surface area contributed by atoms with E-state index < -0.39 is 0 Å². The summed E-state index contributed by atoms with van der Waals surface area (Å²) in [5, 5.41) is 13.0. The molecule has 0 spiro atoms. The van der Waals surface area contributed by atoms with Crippen LogP contribution in [0, 0.1) is 6.92 Å². The molecular formula is C21H27N5O. The SMILES string of the molecule is Cc1cccc2c(CCC(=O)N[C@H]3CCc4nnc(C(C)C)n4C3)c[nH]c12. The Bertz CT molecular complexity index is 968. The number of aromatic nitrogens is 4. The molecule has 0 aliphatic carbocycles. The van der Waals surface area contributed by atoms with Crippen molar-refractivity contribution in [2.75, 3.05) is 0 Å². The van der Waals surface area contributed by atoms with Gasteiger partial charge in [0.2, 0.25) is 5.91 Å². The van der Waals surface area contributed by atoms with E-state index in [-0.39, 0.29) is 11.9 Å². The van der Waals surface area contributed by atoms with Gasteiger partial charge in [-0.3, -0.25) is 4.79 Å². The number of nitrogens with zero attached hydrogens (tertiary/aromatic N) is 3. The second kappa shape index (κ2) is 7.18. The molecule has 4 rings (SSSR count). The molecule has 0 saturated heterocycles. The molecule has 0 saturated carbocycles. The molecule has 3 heterocycles. The number of benzene rings is 1. The number of hydrogen-bond acceptors (Lipinski definition) is 3. The molecule has 1 aliphatic heterocycles. The highest BCUT2D eigenvalue weighted by atomic mass is 16.1. The standard InChI is InChI=1S/C21H27N5O/c1-13(2)21-25-24-18-9-8-16(12-26(18)21)23-19(27)10-7-15-11-22-20-14(3)5-4-6-17(15)20/h4-6,11,13,16,22H,7-10,12H2,1-3H3,(H,23,27)/t16-/m0/s1. The Balaban J connectivity index is 1.37. The quantitative estimate of drug-likeness (QED) is 0.729. The first-order valence-electron chi connectivity index (χ1n) is 9.80. The number of nitrogens with one attached hydrogen (secondary N) is 2. The van der Waals surface area contributed by atoms with Crippen LogP contribution < -0.4 is 5.32 Å². The monoisotopic (exact) mass is 365 g/mol. The van der Waals surface area contributed by atoms with Crippen molar-refractivity contribution in [3.63, 3.8) is 0 Å². The molecule has 1 amide bonds. The van der Waals surface area contributed by atoms with Gasteiger partial charge in [0.05, 0.1) is 0 Å². The minimum absolute atomic E-state index is 0.115. The first kappa shape index (κ1) is 17.8. The zero-order chi connectivity index (χ0) is 19.0. The number of H-pyrrole nitrogens is 1. The number of para-hydroxylation sites is 1. The zero-order valence-electron chi connectivity index (χ0n) is 16.2. The number of amides is 1. The normalized spacial score (nSPS) is 16.7. The number of carbonyl (C=O) groups is 1. The summed E-state index contributed by atoms with van der Waals surface area (Å²) >= 11 is 0. The lowest BCUT2D eigenvalue weighted by atomic mass is 10.0. The smallest absolute Gasteiger partial charge is 0.220 e. The van der Waals surface area contributed by atoms with Gasteiger partial charge in [0, 0.05) is 48.4 Å². The number of hydrogen-bond donors (Lipinski definition) is 2. The molecule has 0 radical (unpaired) electrons. The predicted molar refractivity (Wildman–Crippen MR) is 106 cm³/mol. The lowest BCUT2D eigenvalue weighted by molar-refractivity contribution is -0.122. The summed E-state index contributed by atoms with van der Waals surface area (Å²) < 4.78 is 2.18. The van der Waals surface area contributed by atoms with Crippen LogP contribution in [0.4, 0.5) is 0 Å². The Morgan fingerprint density at radius 1 is 1.37 bits per heavy atom. The maximum absolute atomic E-state index is 12.5. The van der Waals surface area contributed by atoms with Crippen molar-refractivity contribution in [1.29, 1.82) is 0 Å². The first-order chi connectivity index (χ1) is 13.0. The van der Waals surface area contributed by atoms with Crippen LogP contribution in [0.25, 0.3) is 10.9 Å². The van der Waals surface area contributed by atoms with Gasteiger partial charge in [-0.2, -0.15) is 0 Å². The van der Waals surface area contributed by atoms with Gasteiger partial charge >= 0.3 is 0 Å². The van der Waals surface area contributed by atoms with Crippen molar-refractivity contribution >= 4 is 16.8 Å². The lowest BCUT2D eigenvalue weighted by Gasteiger charge is -2.26. The van der Waals surface area contributed by atoms with E-state index in [1.54, 1.807) is 0 Å². The number of carbonyl (C=O) groups excluding carboxylic acids is 1. The number of aryl methyl sites for hydroxylation is 3. The minimum atomic E-state index is 0.115. The molecule has 0 fully saturated rings. The van der Waals surface area contributed by atoms with Crippen LogP contribution in [0.15, 0.2) is 24.4 Å². The fourth-order valence-corrected chi connectivity index (χ4v) is 4.01. The van der Waals surface area contributed by atoms with Crippen molar-refractivity contribution in [1.82, 2.24) is 25.1 Å². The molecule has 27 heavy (non-hydrogen) atoms. The van der Waals surface area contributed by atoms with Crippen LogP contribution in [0.5, 0.6) is 0 Å². The molecule has 2 aromatic heterocycles. The van der Waals surface area contributed by atoms with Gasteiger partial charge in [-0.05, 0) is 30.9 Å². The van der Waals surface area contributed by atoms with Crippen LogP contribution in [0.1, 0.15) is 55.4 Å². The average molecular weight is 365 g/mol. The summed E-state index contributed by atoms with van der Waals surface area (Å²) in [4.78, 5) is 15.9. The first-order valence-corrected chi connectivity index (χ1v) is 9.80.